The van der Waals surface area contributed by atoms with Gasteiger partial charge in [0, 0.05) is 17.8 Å². The number of rotatable bonds is 6. The molecule has 0 saturated heterocycles. The first-order valence-electron chi connectivity index (χ1n) is 7.79. The first-order valence-corrected chi connectivity index (χ1v) is 7.79. The van der Waals surface area contributed by atoms with Gasteiger partial charge in [-0.25, -0.2) is 4.98 Å². The summed E-state index contributed by atoms with van der Waals surface area (Å²) in [5.74, 6) is 2.06. The Bertz CT molecular complexity index is 906. The molecule has 0 aliphatic rings. The van der Waals surface area contributed by atoms with E-state index >= 15 is 0 Å². The summed E-state index contributed by atoms with van der Waals surface area (Å²) in [6.45, 7) is 1.80. The monoisotopic (exact) mass is 354 g/mol. The minimum atomic E-state index is -0.332. The molecule has 134 valence electrons. The van der Waals surface area contributed by atoms with E-state index in [1.54, 1.807) is 56.6 Å². The van der Waals surface area contributed by atoms with Crippen LogP contribution in [0.5, 0.6) is 11.5 Å². The SMILES string of the molecule is COc1ccc(NC(=O)c2ccc(Nc3cc(C)on3)cn2)cc1OC. The van der Waals surface area contributed by atoms with Crippen molar-refractivity contribution >= 4 is 23.1 Å². The Morgan fingerprint density at radius 2 is 1.81 bits per heavy atom. The third kappa shape index (κ3) is 3.92. The van der Waals surface area contributed by atoms with Crippen LogP contribution in [0.3, 0.4) is 0 Å². The van der Waals surface area contributed by atoms with E-state index in [1.807, 2.05) is 0 Å². The van der Waals surface area contributed by atoms with Gasteiger partial charge in [-0.1, -0.05) is 5.16 Å². The predicted molar refractivity (Wildman–Crippen MR) is 96.3 cm³/mol. The largest absolute Gasteiger partial charge is 0.493 e. The Labute approximate surface area is 150 Å². The van der Waals surface area contributed by atoms with Crippen molar-refractivity contribution in [3.63, 3.8) is 0 Å². The van der Waals surface area contributed by atoms with E-state index in [0.717, 1.165) is 0 Å². The molecule has 0 radical (unpaired) electrons. The van der Waals surface area contributed by atoms with Crippen molar-refractivity contribution in [2.24, 2.45) is 0 Å². The minimum Gasteiger partial charge on any atom is -0.493 e. The van der Waals surface area contributed by atoms with Crippen LogP contribution in [-0.4, -0.2) is 30.3 Å². The Hall–Kier alpha value is -3.55. The van der Waals surface area contributed by atoms with Crippen LogP contribution in [-0.2, 0) is 0 Å². The van der Waals surface area contributed by atoms with Crippen molar-refractivity contribution in [2.75, 3.05) is 24.9 Å². The molecule has 0 aliphatic carbocycles. The van der Waals surface area contributed by atoms with Crippen LogP contribution in [0.15, 0.2) is 47.1 Å². The highest BCUT2D eigenvalue weighted by atomic mass is 16.5. The van der Waals surface area contributed by atoms with Crippen molar-refractivity contribution in [1.29, 1.82) is 0 Å². The van der Waals surface area contributed by atoms with E-state index in [1.165, 1.54) is 7.11 Å². The molecule has 0 fully saturated rings. The fourth-order valence-corrected chi connectivity index (χ4v) is 2.28. The molecule has 0 atom stereocenters. The number of anilines is 3. The number of hydrogen-bond acceptors (Lipinski definition) is 7. The predicted octanol–water partition coefficient (Wildman–Crippen LogP) is 3.39. The van der Waals surface area contributed by atoms with Crippen LogP contribution >= 0.6 is 0 Å². The lowest BCUT2D eigenvalue weighted by atomic mass is 10.2. The van der Waals surface area contributed by atoms with Gasteiger partial charge in [-0.3, -0.25) is 4.79 Å². The first-order chi connectivity index (χ1) is 12.6. The van der Waals surface area contributed by atoms with Gasteiger partial charge in [0.2, 0.25) is 0 Å². The number of nitrogens with zero attached hydrogens (tertiary/aromatic N) is 2. The second-order valence-electron chi connectivity index (χ2n) is 5.40. The molecule has 0 aliphatic heterocycles. The zero-order valence-electron chi connectivity index (χ0n) is 14.6. The Morgan fingerprint density at radius 1 is 1.04 bits per heavy atom. The smallest absolute Gasteiger partial charge is 0.274 e. The average Bonchev–Trinajstić information content (AvgIpc) is 3.06. The number of methoxy groups -OCH3 is 2. The molecule has 3 rings (SSSR count). The van der Waals surface area contributed by atoms with E-state index < -0.39 is 0 Å². The summed E-state index contributed by atoms with van der Waals surface area (Å²) in [7, 11) is 3.09. The van der Waals surface area contributed by atoms with E-state index in [0.29, 0.717) is 34.5 Å². The number of ether oxygens (including phenoxy) is 2. The summed E-state index contributed by atoms with van der Waals surface area (Å²) >= 11 is 0. The Morgan fingerprint density at radius 3 is 2.42 bits per heavy atom. The summed E-state index contributed by atoms with van der Waals surface area (Å²) in [5, 5.41) is 9.65. The maximum Gasteiger partial charge on any atom is 0.274 e. The molecule has 0 unspecified atom stereocenters. The zero-order valence-corrected chi connectivity index (χ0v) is 14.6. The van der Waals surface area contributed by atoms with Gasteiger partial charge in [0.1, 0.15) is 11.5 Å². The molecule has 1 amide bonds. The van der Waals surface area contributed by atoms with Gasteiger partial charge in [-0.2, -0.15) is 0 Å². The van der Waals surface area contributed by atoms with E-state index in [9.17, 15) is 4.79 Å². The number of hydrogen-bond donors (Lipinski definition) is 2. The number of aryl methyl sites for hydroxylation is 1. The molecule has 1 aromatic carbocycles. The van der Waals surface area contributed by atoms with Gasteiger partial charge in [0.05, 0.1) is 26.1 Å². The molecule has 2 aromatic heterocycles. The topological polar surface area (TPSA) is 98.5 Å². The fraction of sp³-hybridized carbons (Fsp3) is 0.167. The van der Waals surface area contributed by atoms with Gasteiger partial charge in [-0.15, -0.1) is 0 Å². The van der Waals surface area contributed by atoms with Crippen molar-refractivity contribution < 1.29 is 18.8 Å². The van der Waals surface area contributed by atoms with E-state index in [-0.39, 0.29) is 11.6 Å². The Balaban J connectivity index is 1.68. The molecule has 0 spiro atoms. The number of carbonyl (C=O) groups is 1. The molecule has 3 aromatic rings. The lowest BCUT2D eigenvalue weighted by molar-refractivity contribution is 0.102. The van der Waals surface area contributed by atoms with Crippen LogP contribution in [0.1, 0.15) is 16.2 Å². The minimum absolute atomic E-state index is 0.279. The quantitative estimate of drug-likeness (QED) is 0.700. The van der Waals surface area contributed by atoms with Gasteiger partial charge in [0.25, 0.3) is 5.91 Å². The second kappa shape index (κ2) is 7.56. The molecule has 26 heavy (non-hydrogen) atoms. The second-order valence-corrected chi connectivity index (χ2v) is 5.40. The average molecular weight is 354 g/mol. The molecule has 0 bridgehead atoms. The maximum atomic E-state index is 12.3. The van der Waals surface area contributed by atoms with E-state index in [2.05, 4.69) is 20.8 Å². The normalized spacial score (nSPS) is 10.3. The fourth-order valence-electron chi connectivity index (χ4n) is 2.28. The molecular formula is C18H18N4O4. The summed E-state index contributed by atoms with van der Waals surface area (Å²) in [6, 6.07) is 10.2. The Kier molecular flexibility index (Phi) is 5.02. The number of aromatic nitrogens is 2. The summed E-state index contributed by atoms with van der Waals surface area (Å²) in [4.78, 5) is 16.5. The van der Waals surface area contributed by atoms with Crippen LogP contribution < -0.4 is 20.1 Å². The van der Waals surface area contributed by atoms with E-state index in [4.69, 9.17) is 14.0 Å². The highest BCUT2D eigenvalue weighted by Crippen LogP contribution is 2.29. The molecule has 2 heterocycles. The summed E-state index contributed by atoms with van der Waals surface area (Å²) < 4.78 is 15.4. The zero-order chi connectivity index (χ0) is 18.5. The van der Waals surface area contributed by atoms with Gasteiger partial charge < -0.3 is 24.6 Å². The van der Waals surface area contributed by atoms with Crippen molar-refractivity contribution in [1.82, 2.24) is 10.1 Å². The van der Waals surface area contributed by atoms with Crippen molar-refractivity contribution in [2.45, 2.75) is 6.92 Å². The summed E-state index contributed by atoms with van der Waals surface area (Å²) in [5.41, 5.74) is 1.55. The number of benzene rings is 1. The highest BCUT2D eigenvalue weighted by Gasteiger charge is 2.11. The van der Waals surface area contributed by atoms with Gasteiger partial charge >= 0.3 is 0 Å². The van der Waals surface area contributed by atoms with Gasteiger partial charge in [-0.05, 0) is 31.2 Å². The number of carbonyl (C=O) groups excluding carboxylic acids is 1. The number of pyridine rings is 1. The molecule has 8 heteroatoms. The molecule has 8 nitrogen and oxygen atoms in total. The van der Waals surface area contributed by atoms with Crippen LogP contribution in [0.4, 0.5) is 17.2 Å². The van der Waals surface area contributed by atoms with Crippen LogP contribution in [0.25, 0.3) is 0 Å². The first kappa shape index (κ1) is 17.3. The lowest BCUT2D eigenvalue weighted by Crippen LogP contribution is -2.13. The van der Waals surface area contributed by atoms with Crippen molar-refractivity contribution in [3.05, 3.63) is 54.0 Å². The van der Waals surface area contributed by atoms with Gasteiger partial charge in [0.15, 0.2) is 17.3 Å². The summed E-state index contributed by atoms with van der Waals surface area (Å²) in [6.07, 6.45) is 1.55. The molecular weight excluding hydrogens is 336 g/mol. The standard InChI is InChI=1S/C18H18N4O4/c1-11-8-17(22-26-11)20-13-4-6-14(19-10-13)18(23)21-12-5-7-15(24-2)16(9-12)25-3/h4-10H,1-3H3,(H,20,22)(H,21,23). The van der Waals surface area contributed by atoms with Crippen LogP contribution in [0.2, 0.25) is 0 Å². The third-order valence-corrected chi connectivity index (χ3v) is 3.54. The lowest BCUT2D eigenvalue weighted by Gasteiger charge is -2.10. The molecule has 0 saturated carbocycles. The third-order valence-electron chi connectivity index (χ3n) is 3.54. The van der Waals surface area contributed by atoms with Crippen molar-refractivity contribution in [3.8, 4) is 11.5 Å². The van der Waals surface area contributed by atoms with Crippen LogP contribution in [0, 0.1) is 6.92 Å². The number of nitrogens with one attached hydrogen (secondary N) is 2. The maximum absolute atomic E-state index is 12.3. The molecule has 2 N–H and O–H groups in total. The number of amides is 1. The highest BCUT2D eigenvalue weighted by molar-refractivity contribution is 6.03.